The third-order valence-corrected chi connectivity index (χ3v) is 4.59. The molecule has 1 aromatic rings. The molecule has 0 N–H and O–H groups in total. The van der Waals surface area contributed by atoms with Crippen molar-refractivity contribution >= 4 is 18.2 Å². The minimum atomic E-state index is -0.442. The van der Waals surface area contributed by atoms with Gasteiger partial charge in [0.05, 0.1) is 19.1 Å². The number of hydrazine groups is 1. The highest BCUT2D eigenvalue weighted by Crippen LogP contribution is 2.27. The smallest absolute Gasteiger partial charge is 0.242 e. The average molecular weight is 316 g/mol. The first-order valence-electron chi connectivity index (χ1n) is 7.61. The molecule has 1 unspecified atom stereocenters. The van der Waals surface area contributed by atoms with Crippen molar-refractivity contribution < 1.29 is 14.4 Å². The van der Waals surface area contributed by atoms with Crippen molar-refractivity contribution in [2.45, 2.75) is 19.1 Å². The Morgan fingerprint density at radius 3 is 2.48 bits per heavy atom. The SMILES string of the molecule is C[C@@H](c1ccccc1)N1CC2N(CC1=O)C(=O)CN(C)N2C=O. The number of amides is 3. The minimum Gasteiger partial charge on any atom is -0.330 e. The van der Waals surface area contributed by atoms with Crippen LogP contribution in [0.1, 0.15) is 18.5 Å². The van der Waals surface area contributed by atoms with E-state index in [1.807, 2.05) is 37.3 Å². The zero-order valence-electron chi connectivity index (χ0n) is 13.3. The molecule has 2 atom stereocenters. The second-order valence-electron chi connectivity index (χ2n) is 5.94. The highest BCUT2D eigenvalue weighted by atomic mass is 16.2. The fourth-order valence-corrected chi connectivity index (χ4v) is 3.23. The van der Waals surface area contributed by atoms with Gasteiger partial charge >= 0.3 is 0 Å². The van der Waals surface area contributed by atoms with Crippen LogP contribution in [0.25, 0.3) is 0 Å². The van der Waals surface area contributed by atoms with Gasteiger partial charge in [0.1, 0.15) is 12.7 Å². The number of hydrogen-bond acceptors (Lipinski definition) is 4. The maximum atomic E-state index is 12.5. The van der Waals surface area contributed by atoms with E-state index in [4.69, 9.17) is 0 Å². The molecule has 0 bridgehead atoms. The Morgan fingerprint density at radius 1 is 1.13 bits per heavy atom. The first kappa shape index (κ1) is 15.5. The molecule has 2 saturated heterocycles. The Balaban J connectivity index is 1.86. The summed E-state index contributed by atoms with van der Waals surface area (Å²) in [6.07, 6.45) is 0.272. The quantitative estimate of drug-likeness (QED) is 0.740. The Labute approximate surface area is 135 Å². The van der Waals surface area contributed by atoms with Crippen LogP contribution in [0.2, 0.25) is 0 Å². The van der Waals surface area contributed by atoms with E-state index in [0.29, 0.717) is 13.0 Å². The lowest BCUT2D eigenvalue weighted by atomic mass is 10.0. The molecule has 1 aromatic carbocycles. The normalized spacial score (nSPS) is 23.7. The van der Waals surface area contributed by atoms with Gasteiger partial charge in [0.25, 0.3) is 0 Å². The topological polar surface area (TPSA) is 64.2 Å². The highest BCUT2D eigenvalue weighted by Gasteiger charge is 2.44. The van der Waals surface area contributed by atoms with Gasteiger partial charge in [0.2, 0.25) is 18.2 Å². The summed E-state index contributed by atoms with van der Waals surface area (Å²) < 4.78 is 0. The fourth-order valence-electron chi connectivity index (χ4n) is 3.23. The molecule has 3 rings (SSSR count). The van der Waals surface area contributed by atoms with E-state index in [9.17, 15) is 14.4 Å². The number of nitrogens with zero attached hydrogens (tertiary/aromatic N) is 4. The van der Waals surface area contributed by atoms with Crippen LogP contribution >= 0.6 is 0 Å². The van der Waals surface area contributed by atoms with Gasteiger partial charge in [-0.25, -0.2) is 5.01 Å². The molecule has 7 nitrogen and oxygen atoms in total. The molecule has 7 heteroatoms. The molecular weight excluding hydrogens is 296 g/mol. The lowest BCUT2D eigenvalue weighted by Gasteiger charge is -2.51. The molecule has 0 aromatic heterocycles. The molecule has 0 saturated carbocycles. The van der Waals surface area contributed by atoms with Gasteiger partial charge < -0.3 is 9.80 Å². The van der Waals surface area contributed by atoms with Crippen molar-refractivity contribution in [3.63, 3.8) is 0 Å². The number of likely N-dealkylation sites (N-methyl/N-ethyl adjacent to an activating group) is 1. The van der Waals surface area contributed by atoms with Crippen LogP contribution in [0.15, 0.2) is 30.3 Å². The Bertz CT molecular complexity index is 621. The number of rotatable bonds is 3. The Morgan fingerprint density at radius 2 is 1.83 bits per heavy atom. The van der Waals surface area contributed by atoms with Crippen molar-refractivity contribution in [2.24, 2.45) is 0 Å². The van der Waals surface area contributed by atoms with E-state index in [1.165, 1.54) is 9.91 Å². The van der Waals surface area contributed by atoms with E-state index in [1.54, 1.807) is 17.0 Å². The zero-order valence-corrected chi connectivity index (χ0v) is 13.3. The van der Waals surface area contributed by atoms with Crippen molar-refractivity contribution in [1.82, 2.24) is 19.8 Å². The van der Waals surface area contributed by atoms with Gasteiger partial charge in [-0.2, -0.15) is 0 Å². The lowest BCUT2D eigenvalue weighted by Crippen LogP contribution is -2.71. The highest BCUT2D eigenvalue weighted by molar-refractivity contribution is 5.88. The third kappa shape index (κ3) is 2.68. The molecule has 3 amide bonds. The second-order valence-corrected chi connectivity index (χ2v) is 5.94. The van der Waals surface area contributed by atoms with Crippen LogP contribution in [0.4, 0.5) is 0 Å². The summed E-state index contributed by atoms with van der Waals surface area (Å²) in [5.74, 6) is -0.225. The molecule has 2 fully saturated rings. The van der Waals surface area contributed by atoms with Crippen LogP contribution < -0.4 is 0 Å². The van der Waals surface area contributed by atoms with Gasteiger partial charge in [-0.3, -0.25) is 19.4 Å². The van der Waals surface area contributed by atoms with Crippen molar-refractivity contribution in [1.29, 1.82) is 0 Å². The van der Waals surface area contributed by atoms with Crippen molar-refractivity contribution in [3.8, 4) is 0 Å². The number of carbonyl (C=O) groups is 3. The molecule has 0 spiro atoms. The predicted molar refractivity (Wildman–Crippen MR) is 82.6 cm³/mol. The molecule has 0 aliphatic carbocycles. The van der Waals surface area contributed by atoms with E-state index in [0.717, 1.165) is 5.56 Å². The van der Waals surface area contributed by atoms with Gasteiger partial charge in [-0.15, -0.1) is 0 Å². The maximum Gasteiger partial charge on any atom is 0.242 e. The van der Waals surface area contributed by atoms with Crippen molar-refractivity contribution in [3.05, 3.63) is 35.9 Å². The summed E-state index contributed by atoms with van der Waals surface area (Å²) in [5.41, 5.74) is 1.03. The number of carbonyl (C=O) groups excluding carboxylic acids is 3. The van der Waals surface area contributed by atoms with E-state index < -0.39 is 6.17 Å². The zero-order chi connectivity index (χ0) is 16.6. The molecule has 0 radical (unpaired) electrons. The van der Waals surface area contributed by atoms with E-state index in [2.05, 4.69) is 0 Å². The Kier molecular flexibility index (Phi) is 4.04. The number of fused-ring (bicyclic) bond motifs is 1. The Hall–Kier alpha value is -2.41. The number of piperazine rings is 1. The second kappa shape index (κ2) is 6.00. The predicted octanol–water partition coefficient (Wildman–Crippen LogP) is 0.0633. The molecule has 122 valence electrons. The summed E-state index contributed by atoms with van der Waals surface area (Å²) in [4.78, 5) is 39.3. The number of benzene rings is 1. The summed E-state index contributed by atoms with van der Waals surface area (Å²) in [7, 11) is 1.70. The van der Waals surface area contributed by atoms with Crippen LogP contribution in [-0.2, 0) is 14.4 Å². The molecule has 2 aliphatic heterocycles. The average Bonchev–Trinajstić information content (AvgIpc) is 2.55. The van der Waals surface area contributed by atoms with E-state index >= 15 is 0 Å². The monoisotopic (exact) mass is 316 g/mol. The summed E-state index contributed by atoms with van der Waals surface area (Å²) in [6.45, 7) is 2.39. The van der Waals surface area contributed by atoms with Crippen LogP contribution in [0, 0.1) is 0 Å². The van der Waals surface area contributed by atoms with E-state index in [-0.39, 0.29) is 30.9 Å². The standard InChI is InChI=1S/C16H20N4O3/c1-12(13-6-4-3-5-7-13)18-8-14-19(10-16(18)23)15(22)9-17(2)20(14)11-21/h3-7,11-12,14H,8-10H2,1-2H3/t12-,14?/m0/s1. The lowest BCUT2D eigenvalue weighted by molar-refractivity contribution is -0.190. The van der Waals surface area contributed by atoms with Crippen LogP contribution in [-0.4, -0.2) is 70.9 Å². The molecule has 23 heavy (non-hydrogen) atoms. The molecule has 2 heterocycles. The molecular formula is C16H20N4O3. The van der Waals surface area contributed by atoms with Gasteiger partial charge in [0.15, 0.2) is 0 Å². The maximum absolute atomic E-state index is 12.5. The number of hydrogen-bond donors (Lipinski definition) is 0. The van der Waals surface area contributed by atoms with Crippen molar-refractivity contribution in [2.75, 3.05) is 26.7 Å². The largest absolute Gasteiger partial charge is 0.330 e. The van der Waals surface area contributed by atoms with Crippen LogP contribution in [0.3, 0.4) is 0 Å². The summed E-state index contributed by atoms with van der Waals surface area (Å²) in [5, 5.41) is 3.08. The third-order valence-electron chi connectivity index (χ3n) is 4.59. The van der Waals surface area contributed by atoms with Gasteiger partial charge in [0, 0.05) is 7.05 Å². The summed E-state index contributed by atoms with van der Waals surface area (Å²) in [6, 6.07) is 9.63. The summed E-state index contributed by atoms with van der Waals surface area (Å²) >= 11 is 0. The molecule has 2 aliphatic rings. The van der Waals surface area contributed by atoms with Crippen LogP contribution in [0.5, 0.6) is 0 Å². The first-order valence-corrected chi connectivity index (χ1v) is 7.61. The fraction of sp³-hybridized carbons (Fsp3) is 0.438. The first-order chi connectivity index (χ1) is 11.0. The minimum absolute atomic E-state index is 0.0128. The van der Waals surface area contributed by atoms with Gasteiger partial charge in [-0.05, 0) is 12.5 Å². The van der Waals surface area contributed by atoms with Gasteiger partial charge in [-0.1, -0.05) is 30.3 Å².